The molecule has 2 aromatic rings. The third-order valence-electron chi connectivity index (χ3n) is 3.30. The van der Waals surface area contributed by atoms with Crippen LogP contribution in [0, 0.1) is 6.92 Å². The number of hydrogen-bond acceptors (Lipinski definition) is 3. The van der Waals surface area contributed by atoms with Crippen LogP contribution in [0.25, 0.3) is 10.9 Å². The van der Waals surface area contributed by atoms with Crippen molar-refractivity contribution in [3.8, 4) is 0 Å². The van der Waals surface area contributed by atoms with Crippen molar-refractivity contribution in [2.75, 3.05) is 27.3 Å². The van der Waals surface area contributed by atoms with Crippen LogP contribution < -0.4 is 0 Å². The highest BCUT2D eigenvalue weighted by molar-refractivity contribution is 6.08. The third-order valence-corrected chi connectivity index (χ3v) is 3.30. The van der Waals surface area contributed by atoms with Gasteiger partial charge in [-0.2, -0.15) is 0 Å². The number of likely N-dealkylation sites (N-methyl/N-ethyl adjacent to an activating group) is 1. The fourth-order valence-corrected chi connectivity index (χ4v) is 2.39. The minimum Gasteiger partial charge on any atom is -0.389 e. The van der Waals surface area contributed by atoms with Gasteiger partial charge in [0, 0.05) is 37.3 Å². The summed E-state index contributed by atoms with van der Waals surface area (Å²) in [6.45, 7) is 2.34. The fourth-order valence-electron chi connectivity index (χ4n) is 2.39. The molecule has 0 radical (unpaired) electrons. The number of ether oxygens (including phenoxy) is 1. The number of para-hydroxylation sites is 1. The topological polar surface area (TPSA) is 65.6 Å². The van der Waals surface area contributed by atoms with E-state index in [1.54, 1.807) is 7.05 Å². The number of aryl methyl sites for hydroxylation is 1. The van der Waals surface area contributed by atoms with Crippen molar-refractivity contribution in [3.05, 3.63) is 35.5 Å². The number of hydrogen-bond donors (Lipinski definition) is 2. The number of benzene rings is 1. The van der Waals surface area contributed by atoms with Crippen LogP contribution >= 0.6 is 0 Å². The first-order chi connectivity index (χ1) is 9.54. The molecule has 1 aromatic carbocycles. The summed E-state index contributed by atoms with van der Waals surface area (Å²) in [5, 5.41) is 10.6. The SMILES string of the molecule is COCC(O)CN(C)C(=O)c1c(C)[nH]c2ccccc12. The maximum Gasteiger partial charge on any atom is 0.256 e. The summed E-state index contributed by atoms with van der Waals surface area (Å²) in [6, 6.07) is 7.70. The number of nitrogens with one attached hydrogen (secondary N) is 1. The summed E-state index contributed by atoms with van der Waals surface area (Å²) in [4.78, 5) is 17.3. The standard InChI is InChI=1S/C15H20N2O3/c1-10-14(12-6-4-5-7-13(12)16-10)15(19)17(2)8-11(18)9-20-3/h4-7,11,16,18H,8-9H2,1-3H3. The maximum atomic E-state index is 12.5. The Morgan fingerprint density at radius 3 is 2.85 bits per heavy atom. The van der Waals surface area contributed by atoms with Crippen molar-refractivity contribution in [1.29, 1.82) is 0 Å². The average Bonchev–Trinajstić information content (AvgIpc) is 2.73. The summed E-state index contributed by atoms with van der Waals surface area (Å²) in [6.07, 6.45) is -0.681. The van der Waals surface area contributed by atoms with Gasteiger partial charge in [-0.15, -0.1) is 0 Å². The highest BCUT2D eigenvalue weighted by Gasteiger charge is 2.20. The first-order valence-electron chi connectivity index (χ1n) is 6.54. The molecule has 0 saturated carbocycles. The number of methoxy groups -OCH3 is 1. The molecule has 20 heavy (non-hydrogen) atoms. The highest BCUT2D eigenvalue weighted by atomic mass is 16.5. The molecule has 5 heteroatoms. The van der Waals surface area contributed by atoms with Crippen molar-refractivity contribution in [3.63, 3.8) is 0 Å². The lowest BCUT2D eigenvalue weighted by atomic mass is 10.1. The Kier molecular flexibility index (Phi) is 4.42. The van der Waals surface area contributed by atoms with Gasteiger partial charge in [-0.05, 0) is 13.0 Å². The van der Waals surface area contributed by atoms with Gasteiger partial charge in [0.2, 0.25) is 0 Å². The van der Waals surface area contributed by atoms with Gasteiger partial charge in [0.15, 0.2) is 0 Å². The Morgan fingerprint density at radius 1 is 1.45 bits per heavy atom. The molecule has 0 fully saturated rings. The molecule has 1 atom stereocenters. The predicted octanol–water partition coefficient (Wildman–Crippen LogP) is 1.56. The van der Waals surface area contributed by atoms with Crippen LogP contribution in [-0.4, -0.2) is 54.3 Å². The van der Waals surface area contributed by atoms with Crippen LogP contribution in [0.2, 0.25) is 0 Å². The smallest absolute Gasteiger partial charge is 0.256 e. The van der Waals surface area contributed by atoms with E-state index < -0.39 is 6.10 Å². The third kappa shape index (κ3) is 2.84. The first-order valence-corrected chi connectivity index (χ1v) is 6.54. The lowest BCUT2D eigenvalue weighted by Gasteiger charge is -2.20. The van der Waals surface area contributed by atoms with Gasteiger partial charge in [-0.25, -0.2) is 0 Å². The van der Waals surface area contributed by atoms with Gasteiger partial charge < -0.3 is 19.7 Å². The van der Waals surface area contributed by atoms with Crippen LogP contribution in [0.3, 0.4) is 0 Å². The Bertz CT molecular complexity index is 606. The van der Waals surface area contributed by atoms with Gasteiger partial charge in [0.05, 0.1) is 18.3 Å². The van der Waals surface area contributed by atoms with Crippen molar-refractivity contribution < 1.29 is 14.6 Å². The lowest BCUT2D eigenvalue weighted by Crippen LogP contribution is -2.36. The van der Waals surface area contributed by atoms with E-state index in [4.69, 9.17) is 4.74 Å². The van der Waals surface area contributed by atoms with Gasteiger partial charge in [0.1, 0.15) is 0 Å². The number of nitrogens with zero attached hydrogens (tertiary/aromatic N) is 1. The summed E-state index contributed by atoms with van der Waals surface area (Å²) >= 11 is 0. The van der Waals surface area contributed by atoms with Gasteiger partial charge in [-0.3, -0.25) is 4.79 Å². The van der Waals surface area contributed by atoms with Crippen LogP contribution in [-0.2, 0) is 4.74 Å². The molecular formula is C15H20N2O3. The Labute approximate surface area is 118 Å². The van der Waals surface area contributed by atoms with Gasteiger partial charge in [0.25, 0.3) is 5.91 Å². The van der Waals surface area contributed by atoms with Crippen molar-refractivity contribution in [2.45, 2.75) is 13.0 Å². The van der Waals surface area contributed by atoms with E-state index in [0.29, 0.717) is 5.56 Å². The number of aliphatic hydroxyl groups is 1. The molecule has 0 aliphatic rings. The molecule has 1 aromatic heterocycles. The molecule has 1 heterocycles. The minimum absolute atomic E-state index is 0.102. The Balaban J connectivity index is 2.25. The molecule has 1 amide bonds. The quantitative estimate of drug-likeness (QED) is 0.871. The van der Waals surface area contributed by atoms with E-state index in [1.807, 2.05) is 31.2 Å². The number of amides is 1. The number of H-pyrrole nitrogens is 1. The van der Waals surface area contributed by atoms with E-state index in [2.05, 4.69) is 4.98 Å². The highest BCUT2D eigenvalue weighted by Crippen LogP contribution is 2.23. The van der Waals surface area contributed by atoms with Crippen LogP contribution in [0.4, 0.5) is 0 Å². The number of aliphatic hydroxyl groups excluding tert-OH is 1. The minimum atomic E-state index is -0.681. The molecule has 2 rings (SSSR count). The van der Waals surface area contributed by atoms with E-state index in [-0.39, 0.29) is 19.1 Å². The van der Waals surface area contributed by atoms with E-state index in [1.165, 1.54) is 12.0 Å². The largest absolute Gasteiger partial charge is 0.389 e. The van der Waals surface area contributed by atoms with Crippen molar-refractivity contribution >= 4 is 16.8 Å². The van der Waals surface area contributed by atoms with Gasteiger partial charge >= 0.3 is 0 Å². The molecule has 0 aliphatic heterocycles. The molecule has 2 N–H and O–H groups in total. The zero-order chi connectivity index (χ0) is 14.7. The molecular weight excluding hydrogens is 256 g/mol. The number of aromatic amines is 1. The molecule has 0 spiro atoms. The normalized spacial score (nSPS) is 12.6. The van der Waals surface area contributed by atoms with Crippen molar-refractivity contribution in [1.82, 2.24) is 9.88 Å². The number of rotatable bonds is 5. The second kappa shape index (κ2) is 6.07. The summed E-state index contributed by atoms with van der Waals surface area (Å²) in [7, 11) is 3.21. The van der Waals surface area contributed by atoms with Crippen molar-refractivity contribution in [2.24, 2.45) is 0 Å². The molecule has 0 saturated heterocycles. The molecule has 5 nitrogen and oxygen atoms in total. The molecule has 108 valence electrons. The number of carbonyl (C=O) groups is 1. The van der Waals surface area contributed by atoms with Crippen LogP contribution in [0.15, 0.2) is 24.3 Å². The van der Waals surface area contributed by atoms with Crippen LogP contribution in [0.5, 0.6) is 0 Å². The van der Waals surface area contributed by atoms with E-state index >= 15 is 0 Å². The number of aromatic nitrogens is 1. The fraction of sp³-hybridized carbons (Fsp3) is 0.400. The summed E-state index contributed by atoms with van der Waals surface area (Å²) in [5.74, 6) is -0.102. The second-order valence-corrected chi connectivity index (χ2v) is 4.97. The molecule has 1 unspecified atom stereocenters. The Morgan fingerprint density at radius 2 is 2.15 bits per heavy atom. The van der Waals surface area contributed by atoms with Crippen LogP contribution in [0.1, 0.15) is 16.1 Å². The first kappa shape index (κ1) is 14.6. The lowest BCUT2D eigenvalue weighted by molar-refractivity contribution is 0.0381. The maximum absolute atomic E-state index is 12.5. The predicted molar refractivity (Wildman–Crippen MR) is 77.9 cm³/mol. The van der Waals surface area contributed by atoms with Gasteiger partial charge in [-0.1, -0.05) is 18.2 Å². The monoisotopic (exact) mass is 276 g/mol. The average molecular weight is 276 g/mol. The second-order valence-electron chi connectivity index (χ2n) is 4.97. The Hall–Kier alpha value is -1.85. The number of fused-ring (bicyclic) bond motifs is 1. The van der Waals surface area contributed by atoms with E-state index in [9.17, 15) is 9.90 Å². The summed E-state index contributed by atoms with van der Waals surface area (Å²) in [5.41, 5.74) is 2.44. The zero-order valence-corrected chi connectivity index (χ0v) is 12.0. The summed E-state index contributed by atoms with van der Waals surface area (Å²) < 4.78 is 4.87. The number of carbonyl (C=O) groups excluding carboxylic acids is 1. The molecule has 0 aliphatic carbocycles. The molecule has 0 bridgehead atoms. The zero-order valence-electron chi connectivity index (χ0n) is 12.0. The van der Waals surface area contributed by atoms with E-state index in [0.717, 1.165) is 16.6 Å².